The SMILES string of the molecule is CC(C)COc1ccc(CNC(=O)N(Cc2cc(F)ccn2)C2CCN(C)CC2)cc1. The molecule has 2 heterocycles. The second-order valence-electron chi connectivity index (χ2n) is 8.64. The summed E-state index contributed by atoms with van der Waals surface area (Å²) >= 11 is 0. The minimum atomic E-state index is -0.339. The Kier molecular flexibility index (Phi) is 8.23. The molecule has 168 valence electrons. The summed E-state index contributed by atoms with van der Waals surface area (Å²) in [5.74, 6) is 0.958. The first-order valence-electron chi connectivity index (χ1n) is 11.0. The Morgan fingerprint density at radius 3 is 2.61 bits per heavy atom. The first-order valence-corrected chi connectivity index (χ1v) is 11.0. The number of carbonyl (C=O) groups excluding carboxylic acids is 1. The Labute approximate surface area is 184 Å². The standard InChI is InChI=1S/C24H33FN4O2/c1-18(2)17-31-23-6-4-19(5-7-23)15-27-24(30)29(22-9-12-28(3)13-10-22)16-21-14-20(25)8-11-26-21/h4-8,11,14,18,22H,9-10,12-13,15-17H2,1-3H3,(H,27,30). The molecular formula is C24H33FN4O2. The molecule has 0 bridgehead atoms. The average molecular weight is 429 g/mol. The predicted molar refractivity (Wildman–Crippen MR) is 119 cm³/mol. The van der Waals surface area contributed by atoms with Crippen LogP contribution in [0.4, 0.5) is 9.18 Å². The first-order chi connectivity index (χ1) is 14.9. The van der Waals surface area contributed by atoms with Gasteiger partial charge in [0.1, 0.15) is 11.6 Å². The zero-order valence-corrected chi connectivity index (χ0v) is 18.7. The lowest BCUT2D eigenvalue weighted by Crippen LogP contribution is -2.49. The van der Waals surface area contributed by atoms with Gasteiger partial charge in [0.2, 0.25) is 0 Å². The molecule has 0 spiro atoms. The van der Waals surface area contributed by atoms with Crippen LogP contribution in [0.25, 0.3) is 0 Å². The molecule has 0 atom stereocenters. The molecule has 1 saturated heterocycles. The van der Waals surface area contributed by atoms with Crippen molar-refractivity contribution in [2.45, 2.75) is 45.8 Å². The molecule has 0 saturated carbocycles. The van der Waals surface area contributed by atoms with E-state index in [1.807, 2.05) is 24.3 Å². The van der Waals surface area contributed by atoms with Gasteiger partial charge < -0.3 is 19.9 Å². The molecule has 1 N–H and O–H groups in total. The number of hydrogen-bond acceptors (Lipinski definition) is 4. The maximum Gasteiger partial charge on any atom is 0.318 e. The summed E-state index contributed by atoms with van der Waals surface area (Å²) in [7, 11) is 2.09. The number of urea groups is 1. The molecule has 6 nitrogen and oxygen atoms in total. The third-order valence-corrected chi connectivity index (χ3v) is 5.45. The van der Waals surface area contributed by atoms with Gasteiger partial charge in [-0.05, 0) is 68.7 Å². The summed E-state index contributed by atoms with van der Waals surface area (Å²) in [5, 5.41) is 3.02. The molecule has 1 fully saturated rings. The van der Waals surface area contributed by atoms with E-state index in [0.717, 1.165) is 37.2 Å². The van der Waals surface area contributed by atoms with E-state index in [2.05, 4.69) is 36.1 Å². The fourth-order valence-corrected chi connectivity index (χ4v) is 3.63. The minimum Gasteiger partial charge on any atom is -0.493 e. The van der Waals surface area contributed by atoms with Crippen molar-refractivity contribution in [2.75, 3.05) is 26.7 Å². The topological polar surface area (TPSA) is 57.7 Å². The number of amides is 2. The Bertz CT molecular complexity index is 836. The van der Waals surface area contributed by atoms with Gasteiger partial charge in [-0.25, -0.2) is 9.18 Å². The van der Waals surface area contributed by atoms with Crippen molar-refractivity contribution in [3.8, 4) is 5.75 Å². The number of likely N-dealkylation sites (tertiary alicyclic amines) is 1. The summed E-state index contributed by atoms with van der Waals surface area (Å²) < 4.78 is 19.4. The van der Waals surface area contributed by atoms with Gasteiger partial charge in [-0.2, -0.15) is 0 Å². The van der Waals surface area contributed by atoms with Crippen LogP contribution in [0.2, 0.25) is 0 Å². The zero-order valence-electron chi connectivity index (χ0n) is 18.7. The number of rotatable bonds is 8. The summed E-state index contributed by atoms with van der Waals surface area (Å²) in [6.45, 7) is 7.48. The molecule has 2 amide bonds. The summed E-state index contributed by atoms with van der Waals surface area (Å²) in [6, 6.07) is 10.4. The lowest BCUT2D eigenvalue weighted by molar-refractivity contribution is 0.126. The zero-order chi connectivity index (χ0) is 22.2. The van der Waals surface area contributed by atoms with Crippen molar-refractivity contribution >= 4 is 6.03 Å². The van der Waals surface area contributed by atoms with Gasteiger partial charge in [0.15, 0.2) is 0 Å². The number of benzene rings is 1. The molecule has 7 heteroatoms. The summed E-state index contributed by atoms with van der Waals surface area (Å²) in [4.78, 5) is 21.4. The van der Waals surface area contributed by atoms with Crippen LogP contribution in [-0.2, 0) is 13.1 Å². The van der Waals surface area contributed by atoms with E-state index in [9.17, 15) is 9.18 Å². The average Bonchev–Trinajstić information content (AvgIpc) is 2.76. The Morgan fingerprint density at radius 1 is 1.26 bits per heavy atom. The second-order valence-corrected chi connectivity index (χ2v) is 8.64. The number of nitrogens with one attached hydrogen (secondary N) is 1. The molecule has 2 aromatic rings. The molecule has 1 aromatic carbocycles. The maximum atomic E-state index is 13.6. The lowest BCUT2D eigenvalue weighted by atomic mass is 10.0. The number of carbonyl (C=O) groups is 1. The number of nitrogens with zero attached hydrogens (tertiary/aromatic N) is 3. The third-order valence-electron chi connectivity index (χ3n) is 5.45. The minimum absolute atomic E-state index is 0.105. The predicted octanol–water partition coefficient (Wildman–Crippen LogP) is 4.06. The number of halogens is 1. The smallest absolute Gasteiger partial charge is 0.318 e. The Morgan fingerprint density at radius 2 is 1.97 bits per heavy atom. The van der Waals surface area contributed by atoms with Crippen molar-refractivity contribution in [1.82, 2.24) is 20.1 Å². The van der Waals surface area contributed by atoms with Gasteiger partial charge in [0.05, 0.1) is 18.8 Å². The molecule has 0 radical (unpaired) electrons. The normalized spacial score (nSPS) is 15.1. The van der Waals surface area contributed by atoms with Crippen LogP contribution in [0.15, 0.2) is 42.6 Å². The third kappa shape index (κ3) is 7.21. The van der Waals surface area contributed by atoms with Crippen LogP contribution < -0.4 is 10.1 Å². The van der Waals surface area contributed by atoms with Gasteiger partial charge in [0, 0.05) is 18.8 Å². The van der Waals surface area contributed by atoms with E-state index < -0.39 is 0 Å². The van der Waals surface area contributed by atoms with E-state index >= 15 is 0 Å². The van der Waals surface area contributed by atoms with E-state index in [0.29, 0.717) is 31.3 Å². The van der Waals surface area contributed by atoms with Crippen LogP contribution in [0.1, 0.15) is 37.9 Å². The highest BCUT2D eigenvalue weighted by molar-refractivity contribution is 5.74. The molecule has 1 aliphatic rings. The highest BCUT2D eigenvalue weighted by Gasteiger charge is 2.27. The number of ether oxygens (including phenoxy) is 1. The van der Waals surface area contributed by atoms with E-state index in [1.165, 1.54) is 18.3 Å². The van der Waals surface area contributed by atoms with E-state index in [1.54, 1.807) is 4.90 Å². The number of piperidine rings is 1. The Balaban J connectivity index is 1.62. The highest BCUT2D eigenvalue weighted by Crippen LogP contribution is 2.19. The van der Waals surface area contributed by atoms with Crippen molar-refractivity contribution in [3.05, 3.63) is 59.7 Å². The maximum absolute atomic E-state index is 13.6. The summed E-state index contributed by atoms with van der Waals surface area (Å²) in [6.07, 6.45) is 3.22. The molecule has 0 aliphatic carbocycles. The number of pyridine rings is 1. The van der Waals surface area contributed by atoms with Gasteiger partial charge >= 0.3 is 6.03 Å². The summed E-state index contributed by atoms with van der Waals surface area (Å²) in [5.41, 5.74) is 1.55. The van der Waals surface area contributed by atoms with Crippen LogP contribution in [0.3, 0.4) is 0 Å². The van der Waals surface area contributed by atoms with Gasteiger partial charge in [-0.3, -0.25) is 4.98 Å². The van der Waals surface area contributed by atoms with Crippen LogP contribution in [0.5, 0.6) is 5.75 Å². The number of hydrogen-bond donors (Lipinski definition) is 1. The fraction of sp³-hybridized carbons (Fsp3) is 0.500. The van der Waals surface area contributed by atoms with Crippen LogP contribution in [0, 0.1) is 11.7 Å². The monoisotopic (exact) mass is 428 g/mol. The van der Waals surface area contributed by atoms with Crippen molar-refractivity contribution < 1.29 is 13.9 Å². The molecule has 3 rings (SSSR count). The van der Waals surface area contributed by atoms with Crippen molar-refractivity contribution in [3.63, 3.8) is 0 Å². The molecular weight excluding hydrogens is 395 g/mol. The highest BCUT2D eigenvalue weighted by atomic mass is 19.1. The number of aromatic nitrogens is 1. The van der Waals surface area contributed by atoms with Crippen molar-refractivity contribution in [2.24, 2.45) is 5.92 Å². The van der Waals surface area contributed by atoms with Gasteiger partial charge in [0.25, 0.3) is 0 Å². The molecule has 31 heavy (non-hydrogen) atoms. The van der Waals surface area contributed by atoms with E-state index in [4.69, 9.17) is 4.74 Å². The second kappa shape index (κ2) is 11.1. The molecule has 0 unspecified atom stereocenters. The first kappa shape index (κ1) is 23.0. The molecule has 1 aromatic heterocycles. The van der Waals surface area contributed by atoms with E-state index in [-0.39, 0.29) is 17.9 Å². The van der Waals surface area contributed by atoms with Crippen LogP contribution in [-0.4, -0.2) is 53.6 Å². The van der Waals surface area contributed by atoms with Gasteiger partial charge in [-0.1, -0.05) is 26.0 Å². The quantitative estimate of drug-likeness (QED) is 0.689. The van der Waals surface area contributed by atoms with Crippen LogP contribution >= 0.6 is 0 Å². The Hall–Kier alpha value is -2.67. The lowest BCUT2D eigenvalue weighted by Gasteiger charge is -2.37. The van der Waals surface area contributed by atoms with Gasteiger partial charge in [-0.15, -0.1) is 0 Å². The van der Waals surface area contributed by atoms with Crippen molar-refractivity contribution in [1.29, 1.82) is 0 Å². The molecule has 1 aliphatic heterocycles. The fourth-order valence-electron chi connectivity index (χ4n) is 3.63. The largest absolute Gasteiger partial charge is 0.493 e.